The standard InChI is InChI=1S/C66H82N8/c1-67-37-21-33-63(67)59-29-17-45-71(51-59)41-13-5-9-25-55-49-57(27-11-7-15-43-73-47-19-31-61(53-73)65-35-23-39-69(65)3)58(28-12-8-16-44-74-48-20-32-62(54-74)66-36-24-40-70(66)4)50-56(55)26-10-6-14-42-72-46-18-30-60(52-72)64-34-22-38-68(64)2/h17-20,29-32,45-54,63-66H,5-8,13-16,21-24,33-44H2,1-4H3/q+4/t63-,64-,65-,66-/m0/s1. The van der Waals surface area contributed by atoms with Gasteiger partial charge in [0.15, 0.2) is 49.6 Å². The molecule has 0 amide bonds. The van der Waals surface area contributed by atoms with Gasteiger partial charge in [0.2, 0.25) is 0 Å². The Kier molecular flexibility index (Phi) is 19.2. The van der Waals surface area contributed by atoms with Gasteiger partial charge in [-0.3, -0.25) is 19.6 Å². The van der Waals surface area contributed by atoms with E-state index in [0.29, 0.717) is 24.2 Å². The molecule has 4 atom stereocenters. The molecular formula is C66H82N8+4. The van der Waals surface area contributed by atoms with E-state index in [4.69, 9.17) is 0 Å². The van der Waals surface area contributed by atoms with Crippen molar-refractivity contribution in [2.45, 2.75) is 153 Å². The largest absolute Gasteiger partial charge is 0.299 e. The summed E-state index contributed by atoms with van der Waals surface area (Å²) in [6.07, 6.45) is 35.3. The Balaban J connectivity index is 0.927. The van der Waals surface area contributed by atoms with Crippen LogP contribution in [0.3, 0.4) is 0 Å². The molecule has 4 aliphatic heterocycles. The highest BCUT2D eigenvalue weighted by Gasteiger charge is 2.27. The highest BCUT2D eigenvalue weighted by Crippen LogP contribution is 2.32. The third-order valence-corrected chi connectivity index (χ3v) is 16.1. The number of pyridine rings is 4. The van der Waals surface area contributed by atoms with E-state index >= 15 is 0 Å². The fourth-order valence-corrected chi connectivity index (χ4v) is 11.9. The molecule has 9 rings (SSSR count). The quantitative estimate of drug-likeness (QED) is 0.0561. The molecular weight excluding hydrogens is 905 g/mol. The fraction of sp³-hybridized carbons (Fsp3) is 0.485. The van der Waals surface area contributed by atoms with E-state index < -0.39 is 0 Å². The van der Waals surface area contributed by atoms with E-state index in [1.807, 2.05) is 0 Å². The van der Waals surface area contributed by atoms with Gasteiger partial charge in [-0.15, -0.1) is 0 Å². The molecule has 0 N–H and O–H groups in total. The van der Waals surface area contributed by atoms with Crippen molar-refractivity contribution >= 4 is 0 Å². The fourth-order valence-electron chi connectivity index (χ4n) is 11.9. The summed E-state index contributed by atoms with van der Waals surface area (Å²) in [6.45, 7) is 8.47. The van der Waals surface area contributed by atoms with E-state index in [-0.39, 0.29) is 0 Å². The molecule has 4 aliphatic rings. The first-order chi connectivity index (χ1) is 36.3. The van der Waals surface area contributed by atoms with Crippen LogP contribution in [0, 0.1) is 47.4 Å². The van der Waals surface area contributed by atoms with Gasteiger partial charge in [-0.25, -0.2) is 18.3 Å². The Morgan fingerprint density at radius 1 is 0.378 bits per heavy atom. The van der Waals surface area contributed by atoms with Gasteiger partial charge in [-0.05, 0) is 142 Å². The van der Waals surface area contributed by atoms with Crippen molar-refractivity contribution in [3.63, 3.8) is 0 Å². The first kappa shape index (κ1) is 52.8. The molecule has 4 fully saturated rings. The topological polar surface area (TPSA) is 28.5 Å². The molecule has 0 unspecified atom stereocenters. The Bertz CT molecular complexity index is 2540. The Morgan fingerprint density at radius 2 is 0.622 bits per heavy atom. The van der Waals surface area contributed by atoms with Crippen LogP contribution in [-0.2, 0) is 26.2 Å². The smallest absolute Gasteiger partial charge is 0.173 e. The van der Waals surface area contributed by atoms with Crippen LogP contribution in [0.5, 0.6) is 0 Å². The van der Waals surface area contributed by atoms with E-state index in [2.05, 4.69) is 224 Å². The molecule has 74 heavy (non-hydrogen) atoms. The number of benzene rings is 1. The number of aromatic nitrogens is 4. The van der Waals surface area contributed by atoms with Crippen molar-refractivity contribution in [1.82, 2.24) is 19.6 Å². The van der Waals surface area contributed by atoms with Gasteiger partial charge in [0.05, 0.1) is 0 Å². The predicted molar refractivity (Wildman–Crippen MR) is 296 cm³/mol. The Labute approximate surface area is 445 Å². The zero-order valence-corrected chi connectivity index (χ0v) is 45.2. The molecule has 0 bridgehead atoms. The Hall–Kier alpha value is -6.10. The SMILES string of the molecule is CN1CCC[C@H]1c1ccc[n+](CCCC#Cc2cc(C#CCCC[n+]3cccc([C@@H]4CCCN4C)c3)c(C#CCCC[n+]3cccc([C@@H]4CCCN4C)c3)cc2C#CCCC[n+]2cccc([C@@H]3CCCN3C)c2)c1. The summed E-state index contributed by atoms with van der Waals surface area (Å²) in [5, 5.41) is 0. The van der Waals surface area contributed by atoms with Crippen LogP contribution in [0.1, 0.15) is 171 Å². The zero-order chi connectivity index (χ0) is 50.9. The second-order valence-electron chi connectivity index (χ2n) is 21.6. The molecule has 0 radical (unpaired) electrons. The van der Waals surface area contributed by atoms with Gasteiger partial charge in [0.1, 0.15) is 26.2 Å². The lowest BCUT2D eigenvalue weighted by molar-refractivity contribution is -0.697. The lowest BCUT2D eigenvalue weighted by atomic mass is 9.98. The van der Waals surface area contributed by atoms with Gasteiger partial charge in [0, 0.05) is 144 Å². The average Bonchev–Trinajstić information content (AvgIpc) is 4.26. The normalized spacial score (nSPS) is 20.1. The van der Waals surface area contributed by atoms with Crippen molar-refractivity contribution in [2.75, 3.05) is 54.4 Å². The summed E-state index contributed by atoms with van der Waals surface area (Å²) in [5.74, 6) is 28.7. The van der Waals surface area contributed by atoms with Crippen molar-refractivity contribution in [3.05, 3.63) is 155 Å². The number of hydrogen-bond donors (Lipinski definition) is 0. The monoisotopic (exact) mass is 987 g/mol. The van der Waals surface area contributed by atoms with Gasteiger partial charge >= 0.3 is 0 Å². The van der Waals surface area contributed by atoms with E-state index in [1.165, 1.54) is 99.8 Å². The van der Waals surface area contributed by atoms with Crippen LogP contribution >= 0.6 is 0 Å². The molecule has 1 aromatic carbocycles. The number of unbranched alkanes of at least 4 members (excludes halogenated alkanes) is 4. The molecule has 0 saturated carbocycles. The summed E-state index contributed by atoms with van der Waals surface area (Å²) >= 11 is 0. The van der Waals surface area contributed by atoms with Crippen LogP contribution in [0.25, 0.3) is 0 Å². The zero-order valence-electron chi connectivity index (χ0n) is 45.2. The van der Waals surface area contributed by atoms with E-state index in [9.17, 15) is 0 Å². The second kappa shape index (κ2) is 26.9. The maximum Gasteiger partial charge on any atom is 0.173 e. The molecule has 4 aromatic heterocycles. The maximum absolute atomic E-state index is 3.60. The van der Waals surface area contributed by atoms with Crippen LogP contribution in [0.4, 0.5) is 0 Å². The summed E-state index contributed by atoms with van der Waals surface area (Å²) in [4.78, 5) is 9.94. The van der Waals surface area contributed by atoms with Gasteiger partial charge in [-0.1, -0.05) is 47.4 Å². The number of rotatable bonds is 16. The molecule has 0 spiro atoms. The molecule has 382 valence electrons. The lowest BCUT2D eigenvalue weighted by Gasteiger charge is -2.18. The van der Waals surface area contributed by atoms with Crippen molar-refractivity contribution < 1.29 is 18.3 Å². The first-order valence-corrected chi connectivity index (χ1v) is 28.2. The van der Waals surface area contributed by atoms with Crippen LogP contribution in [-0.4, -0.2) is 74.0 Å². The highest BCUT2D eigenvalue weighted by molar-refractivity contribution is 5.61. The molecule has 4 saturated heterocycles. The minimum Gasteiger partial charge on any atom is -0.299 e. The average molecular weight is 987 g/mol. The molecule has 5 aromatic rings. The number of aryl methyl sites for hydroxylation is 4. The van der Waals surface area contributed by atoms with Gasteiger partial charge < -0.3 is 0 Å². The molecule has 0 aliphatic carbocycles. The van der Waals surface area contributed by atoms with Gasteiger partial charge in [-0.2, -0.15) is 0 Å². The third kappa shape index (κ3) is 14.6. The first-order valence-electron chi connectivity index (χ1n) is 28.2. The molecule has 8 heteroatoms. The van der Waals surface area contributed by atoms with Crippen LogP contribution in [0.15, 0.2) is 110 Å². The minimum atomic E-state index is 0.519. The van der Waals surface area contributed by atoms with Gasteiger partial charge in [0.25, 0.3) is 0 Å². The Morgan fingerprint density at radius 3 is 0.838 bits per heavy atom. The predicted octanol–water partition coefficient (Wildman–Crippen LogP) is 9.23. The van der Waals surface area contributed by atoms with E-state index in [0.717, 1.165) is 99.8 Å². The summed E-state index contributed by atoms with van der Waals surface area (Å²) in [5.41, 5.74) is 9.45. The van der Waals surface area contributed by atoms with Crippen LogP contribution < -0.4 is 18.3 Å². The number of hydrogen-bond acceptors (Lipinski definition) is 4. The summed E-state index contributed by atoms with van der Waals surface area (Å²) < 4.78 is 9.38. The molecule has 8 heterocycles. The lowest BCUT2D eigenvalue weighted by Crippen LogP contribution is -2.34. The van der Waals surface area contributed by atoms with Crippen molar-refractivity contribution in [3.8, 4) is 47.4 Å². The number of nitrogens with zero attached hydrogens (tertiary/aromatic N) is 8. The molecule has 8 nitrogen and oxygen atoms in total. The third-order valence-electron chi connectivity index (χ3n) is 16.1. The summed E-state index contributed by atoms with van der Waals surface area (Å²) in [7, 11) is 9.00. The van der Waals surface area contributed by atoms with Crippen molar-refractivity contribution in [1.29, 1.82) is 0 Å². The van der Waals surface area contributed by atoms with Crippen molar-refractivity contribution in [2.24, 2.45) is 0 Å². The minimum absolute atomic E-state index is 0.519. The van der Waals surface area contributed by atoms with Crippen LogP contribution in [0.2, 0.25) is 0 Å². The second-order valence-corrected chi connectivity index (χ2v) is 21.6. The maximum atomic E-state index is 3.60. The summed E-state index contributed by atoms with van der Waals surface area (Å²) in [6, 6.07) is 24.4. The number of likely N-dealkylation sites (tertiary alicyclic amines) is 4. The highest BCUT2D eigenvalue weighted by atomic mass is 15.2. The van der Waals surface area contributed by atoms with E-state index in [1.54, 1.807) is 0 Å².